The van der Waals surface area contributed by atoms with Crippen molar-refractivity contribution >= 4 is 40.5 Å². The van der Waals surface area contributed by atoms with Crippen molar-refractivity contribution in [1.29, 1.82) is 0 Å². The maximum absolute atomic E-state index is 13.3. The third-order valence-corrected chi connectivity index (χ3v) is 6.17. The summed E-state index contributed by atoms with van der Waals surface area (Å²) in [4.78, 5) is 71.5. The van der Waals surface area contributed by atoms with Crippen molar-refractivity contribution in [3.63, 3.8) is 0 Å². The van der Waals surface area contributed by atoms with E-state index in [1.807, 2.05) is 24.3 Å². The molecule has 0 aliphatic rings. The Hall–Kier alpha value is -4.76. The van der Waals surface area contributed by atoms with E-state index in [1.54, 1.807) is 6.20 Å². The summed E-state index contributed by atoms with van der Waals surface area (Å²) in [6.07, 6.45) is 4.17. The van der Waals surface area contributed by atoms with Gasteiger partial charge in [-0.25, -0.2) is 9.78 Å². The minimum atomic E-state index is -1.64. The molecule has 0 spiro atoms. The van der Waals surface area contributed by atoms with E-state index in [1.165, 1.54) is 12.5 Å². The summed E-state index contributed by atoms with van der Waals surface area (Å²) in [5, 5.41) is 26.4. The van der Waals surface area contributed by atoms with Gasteiger partial charge < -0.3 is 47.6 Å². The molecule has 3 aromatic rings. The molecule has 4 atom stereocenters. The maximum atomic E-state index is 13.3. The van der Waals surface area contributed by atoms with Crippen LogP contribution in [0.4, 0.5) is 0 Å². The number of carbonyl (C=O) groups is 5. The van der Waals surface area contributed by atoms with Gasteiger partial charge in [-0.15, -0.1) is 0 Å². The molecule has 0 radical (unpaired) electrons. The third-order valence-electron chi connectivity index (χ3n) is 6.17. The maximum Gasteiger partial charge on any atom is 0.328 e. The van der Waals surface area contributed by atoms with Crippen molar-refractivity contribution in [2.75, 3.05) is 6.61 Å². The number of amides is 4. The summed E-state index contributed by atoms with van der Waals surface area (Å²) in [5.41, 5.74) is 13.6. The average Bonchev–Trinajstić information content (AvgIpc) is 3.58. The molecular formula is C25H32N8O7. The van der Waals surface area contributed by atoms with Crippen LogP contribution >= 0.6 is 0 Å². The highest BCUT2D eigenvalue weighted by Crippen LogP contribution is 2.18. The smallest absolute Gasteiger partial charge is 0.328 e. The second-order valence-electron chi connectivity index (χ2n) is 9.16. The number of hydrogen-bond donors (Lipinski definition) is 9. The number of rotatable bonds is 15. The normalized spacial score (nSPS) is 14.1. The summed E-state index contributed by atoms with van der Waals surface area (Å²) < 4.78 is 0. The Morgan fingerprint density at radius 3 is 2.25 bits per heavy atom. The van der Waals surface area contributed by atoms with Gasteiger partial charge in [-0.1, -0.05) is 18.2 Å². The van der Waals surface area contributed by atoms with Crippen molar-refractivity contribution in [1.82, 2.24) is 30.9 Å². The van der Waals surface area contributed by atoms with Crippen LogP contribution in [0.5, 0.6) is 0 Å². The van der Waals surface area contributed by atoms with Crippen molar-refractivity contribution in [3.8, 4) is 0 Å². The first-order chi connectivity index (χ1) is 19.1. The molecule has 3 rings (SSSR count). The number of imidazole rings is 1. The molecule has 40 heavy (non-hydrogen) atoms. The zero-order valence-electron chi connectivity index (χ0n) is 21.4. The molecule has 0 saturated heterocycles. The lowest BCUT2D eigenvalue weighted by molar-refractivity contribution is -0.143. The Labute approximate surface area is 228 Å². The summed E-state index contributed by atoms with van der Waals surface area (Å²) in [7, 11) is 0. The molecular weight excluding hydrogens is 524 g/mol. The number of carbonyl (C=O) groups excluding carboxylic acids is 4. The Balaban J connectivity index is 1.75. The molecule has 15 heteroatoms. The number of nitrogens with one attached hydrogen (secondary N) is 5. The van der Waals surface area contributed by atoms with Crippen LogP contribution in [-0.2, 0) is 36.8 Å². The molecule has 0 bridgehead atoms. The summed E-state index contributed by atoms with van der Waals surface area (Å²) in [6, 6.07) is 2.24. The molecule has 15 nitrogen and oxygen atoms in total. The number of aromatic amines is 2. The SMILES string of the molecule is NC(=O)CCC(NC(=O)C(Cc1cnc[nH]1)NC(=O)C(N)Cc1c[nH]c2ccccc12)C(=O)NC(CO)C(=O)O. The number of fused-ring (bicyclic) bond motifs is 1. The van der Waals surface area contributed by atoms with Crippen molar-refractivity contribution < 1.29 is 34.2 Å². The molecule has 2 aromatic heterocycles. The molecule has 0 aliphatic carbocycles. The van der Waals surface area contributed by atoms with E-state index in [2.05, 4.69) is 30.9 Å². The predicted molar refractivity (Wildman–Crippen MR) is 141 cm³/mol. The zero-order chi connectivity index (χ0) is 29.2. The van der Waals surface area contributed by atoms with Gasteiger partial charge in [0.2, 0.25) is 23.6 Å². The highest BCUT2D eigenvalue weighted by Gasteiger charge is 2.31. The van der Waals surface area contributed by atoms with Gasteiger partial charge in [0.15, 0.2) is 0 Å². The second kappa shape index (κ2) is 13.9. The van der Waals surface area contributed by atoms with E-state index in [0.29, 0.717) is 5.69 Å². The molecule has 0 saturated carbocycles. The lowest BCUT2D eigenvalue weighted by Crippen LogP contribution is -2.58. The number of carboxylic acid groups (broad SMARTS) is 1. The van der Waals surface area contributed by atoms with E-state index in [4.69, 9.17) is 16.6 Å². The average molecular weight is 557 g/mol. The minimum Gasteiger partial charge on any atom is -0.480 e. The summed E-state index contributed by atoms with van der Waals surface area (Å²) in [6.45, 7) is -0.898. The highest BCUT2D eigenvalue weighted by molar-refractivity contribution is 5.94. The highest BCUT2D eigenvalue weighted by atomic mass is 16.4. The van der Waals surface area contributed by atoms with Crippen molar-refractivity contribution in [2.24, 2.45) is 11.5 Å². The van der Waals surface area contributed by atoms with Crippen LogP contribution in [0.15, 0.2) is 43.0 Å². The van der Waals surface area contributed by atoms with E-state index in [-0.39, 0.29) is 25.7 Å². The Morgan fingerprint density at radius 2 is 1.60 bits per heavy atom. The fraction of sp³-hybridized carbons (Fsp3) is 0.360. The van der Waals surface area contributed by atoms with Crippen LogP contribution < -0.4 is 27.4 Å². The Kier molecular flexibility index (Phi) is 10.3. The van der Waals surface area contributed by atoms with Gasteiger partial charge in [0.25, 0.3) is 0 Å². The zero-order valence-corrected chi connectivity index (χ0v) is 21.4. The molecule has 1 aromatic carbocycles. The van der Waals surface area contributed by atoms with Gasteiger partial charge in [-0.05, 0) is 24.5 Å². The number of benzene rings is 1. The molecule has 4 unspecified atom stereocenters. The molecule has 0 aliphatic heterocycles. The van der Waals surface area contributed by atoms with E-state index < -0.39 is 60.4 Å². The number of H-pyrrole nitrogens is 2. The molecule has 0 fully saturated rings. The van der Waals surface area contributed by atoms with Crippen LogP contribution in [0.25, 0.3) is 10.9 Å². The summed E-state index contributed by atoms with van der Waals surface area (Å²) in [5.74, 6) is -4.64. The number of aliphatic carboxylic acids is 1. The van der Waals surface area contributed by atoms with Crippen LogP contribution in [-0.4, -0.2) is 85.5 Å². The van der Waals surface area contributed by atoms with Crippen LogP contribution in [0.1, 0.15) is 24.1 Å². The van der Waals surface area contributed by atoms with E-state index in [9.17, 15) is 29.1 Å². The largest absolute Gasteiger partial charge is 0.480 e. The quantitative estimate of drug-likeness (QED) is 0.0982. The van der Waals surface area contributed by atoms with Gasteiger partial charge in [0.05, 0.1) is 19.0 Å². The van der Waals surface area contributed by atoms with E-state index >= 15 is 0 Å². The standard InChI is InChI=1S/C25H32N8O7/c26-16(7-13-9-29-17-4-2-1-3-15(13)17)22(36)32-19(8-14-10-28-12-30-14)24(38)31-18(5-6-21(27)35)23(37)33-20(11-34)25(39)40/h1-4,9-10,12,16,18-20,29,34H,5-8,11,26H2,(H2,27,35)(H,28,30)(H,31,38)(H,32,36)(H,33,37)(H,39,40). The number of hydrogen-bond acceptors (Lipinski definition) is 8. The van der Waals surface area contributed by atoms with Crippen molar-refractivity contribution in [2.45, 2.75) is 49.9 Å². The molecule has 2 heterocycles. The van der Waals surface area contributed by atoms with Crippen molar-refractivity contribution in [3.05, 3.63) is 54.2 Å². The lowest BCUT2D eigenvalue weighted by Gasteiger charge is -2.24. The number of carboxylic acids is 1. The minimum absolute atomic E-state index is 0.0457. The number of aromatic nitrogens is 3. The number of para-hydroxylation sites is 1. The number of nitrogens with two attached hydrogens (primary N) is 2. The van der Waals surface area contributed by atoms with Gasteiger partial charge >= 0.3 is 5.97 Å². The lowest BCUT2D eigenvalue weighted by atomic mass is 10.0. The second-order valence-corrected chi connectivity index (χ2v) is 9.16. The van der Waals surface area contributed by atoms with Crippen LogP contribution in [0.2, 0.25) is 0 Å². The summed E-state index contributed by atoms with van der Waals surface area (Å²) >= 11 is 0. The third kappa shape index (κ3) is 8.12. The Bertz CT molecular complexity index is 1340. The first kappa shape index (κ1) is 29.8. The van der Waals surface area contributed by atoms with E-state index in [0.717, 1.165) is 16.5 Å². The molecule has 4 amide bonds. The van der Waals surface area contributed by atoms with Gasteiger partial charge in [0.1, 0.15) is 18.1 Å². The number of nitrogens with zero attached hydrogens (tertiary/aromatic N) is 1. The Morgan fingerprint density at radius 1 is 0.925 bits per heavy atom. The first-order valence-electron chi connectivity index (χ1n) is 12.4. The van der Waals surface area contributed by atoms with Crippen LogP contribution in [0, 0.1) is 0 Å². The first-order valence-corrected chi connectivity index (χ1v) is 12.4. The molecule has 11 N–H and O–H groups in total. The van der Waals surface area contributed by atoms with Gasteiger partial charge in [0, 0.05) is 41.8 Å². The fourth-order valence-corrected chi connectivity index (χ4v) is 4.02. The van der Waals surface area contributed by atoms with Gasteiger partial charge in [-0.2, -0.15) is 0 Å². The van der Waals surface area contributed by atoms with Crippen LogP contribution in [0.3, 0.4) is 0 Å². The number of primary amides is 1. The fourth-order valence-electron chi connectivity index (χ4n) is 4.02. The van der Waals surface area contributed by atoms with Gasteiger partial charge in [-0.3, -0.25) is 19.2 Å². The molecule has 214 valence electrons. The monoisotopic (exact) mass is 556 g/mol. The predicted octanol–water partition coefficient (Wildman–Crippen LogP) is -2.20. The topological polar surface area (TPSA) is 258 Å². The number of aliphatic hydroxyl groups excluding tert-OH is 1. The number of aliphatic hydroxyl groups is 1.